The van der Waals surface area contributed by atoms with Crippen LogP contribution in [0.2, 0.25) is 0 Å². The van der Waals surface area contributed by atoms with Crippen molar-refractivity contribution in [3.05, 3.63) is 11.1 Å². The van der Waals surface area contributed by atoms with Crippen LogP contribution in [-0.2, 0) is 0 Å². The highest BCUT2D eigenvalue weighted by Crippen LogP contribution is 2.28. The number of rotatable bonds is 5. The van der Waals surface area contributed by atoms with E-state index < -0.39 is 6.10 Å². The molecule has 0 bridgehead atoms. The Hall–Kier alpha value is -0.610. The van der Waals surface area contributed by atoms with E-state index in [4.69, 9.17) is 0 Å². The predicted octanol–water partition coefficient (Wildman–Crippen LogP) is 2.82. The molecule has 0 aliphatic heterocycles. The Labute approximate surface area is 95.8 Å². The Kier molecular flexibility index (Phi) is 4.54. The zero-order valence-corrected chi connectivity index (χ0v) is 10.7. The highest BCUT2D eigenvalue weighted by Gasteiger charge is 2.14. The number of thiazole rings is 1. The van der Waals surface area contributed by atoms with Crippen molar-refractivity contribution in [2.24, 2.45) is 0 Å². The highest BCUT2D eigenvalue weighted by atomic mass is 32.1. The maximum atomic E-state index is 9.44. The maximum absolute atomic E-state index is 9.44. The van der Waals surface area contributed by atoms with Gasteiger partial charge in [-0.15, -0.1) is 0 Å². The van der Waals surface area contributed by atoms with Crippen LogP contribution in [-0.4, -0.2) is 22.7 Å². The van der Waals surface area contributed by atoms with Gasteiger partial charge in [0.05, 0.1) is 11.0 Å². The number of hydrogen-bond acceptors (Lipinski definition) is 4. The second-order valence-electron chi connectivity index (χ2n) is 4.01. The van der Waals surface area contributed by atoms with E-state index in [0.29, 0.717) is 6.04 Å². The number of aliphatic hydroxyl groups is 1. The van der Waals surface area contributed by atoms with Crippen LogP contribution >= 0.6 is 11.3 Å². The van der Waals surface area contributed by atoms with Gasteiger partial charge in [0.25, 0.3) is 0 Å². The molecule has 4 heteroatoms. The van der Waals surface area contributed by atoms with Crippen LogP contribution < -0.4 is 4.90 Å². The monoisotopic (exact) mass is 228 g/mol. The Bertz CT molecular complexity index is 297. The van der Waals surface area contributed by atoms with Crippen LogP contribution in [0.1, 0.15) is 45.1 Å². The molecule has 1 heterocycles. The van der Waals surface area contributed by atoms with E-state index in [9.17, 15) is 5.11 Å². The second kappa shape index (κ2) is 5.47. The van der Waals surface area contributed by atoms with Gasteiger partial charge in [0.15, 0.2) is 5.13 Å². The first-order valence-electron chi connectivity index (χ1n) is 5.46. The first-order chi connectivity index (χ1) is 7.06. The van der Waals surface area contributed by atoms with Gasteiger partial charge in [-0.3, -0.25) is 0 Å². The molecule has 0 aliphatic carbocycles. The summed E-state index contributed by atoms with van der Waals surface area (Å²) in [4.78, 5) is 7.57. The summed E-state index contributed by atoms with van der Waals surface area (Å²) >= 11 is 1.58. The third-order valence-corrected chi connectivity index (χ3v) is 3.46. The molecule has 1 aromatic rings. The third kappa shape index (κ3) is 3.18. The lowest BCUT2D eigenvalue weighted by molar-refractivity contribution is 0.203. The van der Waals surface area contributed by atoms with Crippen LogP contribution in [0, 0.1) is 0 Å². The van der Waals surface area contributed by atoms with Crippen molar-refractivity contribution in [1.82, 2.24) is 4.98 Å². The van der Waals surface area contributed by atoms with Gasteiger partial charge in [-0.05, 0) is 27.2 Å². The number of aliphatic hydroxyl groups excluding tert-OH is 1. The highest BCUT2D eigenvalue weighted by molar-refractivity contribution is 7.15. The molecule has 0 spiro atoms. The number of nitrogens with zero attached hydrogens (tertiary/aromatic N) is 2. The molecule has 0 aliphatic rings. The van der Waals surface area contributed by atoms with Gasteiger partial charge < -0.3 is 10.0 Å². The molecule has 1 N–H and O–H groups in total. The molecule has 0 aromatic carbocycles. The van der Waals surface area contributed by atoms with Crippen molar-refractivity contribution in [3.63, 3.8) is 0 Å². The van der Waals surface area contributed by atoms with E-state index in [1.165, 1.54) is 0 Å². The summed E-state index contributed by atoms with van der Waals surface area (Å²) in [5.74, 6) is 0. The van der Waals surface area contributed by atoms with Gasteiger partial charge in [-0.1, -0.05) is 18.3 Å². The molecule has 0 saturated carbocycles. The van der Waals surface area contributed by atoms with Crippen molar-refractivity contribution in [2.75, 3.05) is 11.4 Å². The van der Waals surface area contributed by atoms with E-state index in [1.807, 2.05) is 0 Å². The molecule has 86 valence electrons. The van der Waals surface area contributed by atoms with Gasteiger partial charge in [-0.25, -0.2) is 4.98 Å². The molecular formula is C11H20N2OS. The average Bonchev–Trinajstić information content (AvgIpc) is 2.62. The van der Waals surface area contributed by atoms with Gasteiger partial charge in [0.2, 0.25) is 0 Å². The standard InChI is InChI=1S/C11H20N2OS/c1-5-6-13(8(2)3)11-12-7-10(15-11)9(4)14/h7-9,14H,5-6H2,1-4H3. The fraction of sp³-hybridized carbons (Fsp3) is 0.727. The predicted molar refractivity (Wildman–Crippen MR) is 65.5 cm³/mol. The minimum Gasteiger partial charge on any atom is -0.388 e. The topological polar surface area (TPSA) is 36.4 Å². The Balaban J connectivity index is 2.81. The Morgan fingerprint density at radius 2 is 2.13 bits per heavy atom. The molecule has 1 atom stereocenters. The average molecular weight is 228 g/mol. The lowest BCUT2D eigenvalue weighted by Gasteiger charge is -2.25. The second-order valence-corrected chi connectivity index (χ2v) is 5.05. The molecule has 3 nitrogen and oxygen atoms in total. The maximum Gasteiger partial charge on any atom is 0.185 e. The van der Waals surface area contributed by atoms with Gasteiger partial charge in [0, 0.05) is 18.8 Å². The third-order valence-electron chi connectivity index (χ3n) is 2.26. The van der Waals surface area contributed by atoms with Crippen molar-refractivity contribution in [2.45, 2.75) is 46.3 Å². The fourth-order valence-electron chi connectivity index (χ4n) is 1.42. The smallest absolute Gasteiger partial charge is 0.185 e. The zero-order valence-electron chi connectivity index (χ0n) is 9.90. The Morgan fingerprint density at radius 3 is 2.53 bits per heavy atom. The number of anilines is 1. The summed E-state index contributed by atoms with van der Waals surface area (Å²) in [5.41, 5.74) is 0. The van der Waals surface area contributed by atoms with Gasteiger partial charge >= 0.3 is 0 Å². The van der Waals surface area contributed by atoms with Crippen molar-refractivity contribution < 1.29 is 5.11 Å². The van der Waals surface area contributed by atoms with Crippen LogP contribution in [0.25, 0.3) is 0 Å². The largest absolute Gasteiger partial charge is 0.388 e. The van der Waals surface area contributed by atoms with Crippen LogP contribution in [0.4, 0.5) is 5.13 Å². The number of hydrogen-bond donors (Lipinski definition) is 1. The molecular weight excluding hydrogens is 208 g/mol. The molecule has 0 fully saturated rings. The lowest BCUT2D eigenvalue weighted by Crippen LogP contribution is -2.31. The molecule has 1 unspecified atom stereocenters. The molecule has 0 radical (unpaired) electrons. The van der Waals surface area contributed by atoms with Crippen LogP contribution in [0.3, 0.4) is 0 Å². The molecule has 0 amide bonds. The SMILES string of the molecule is CCCN(c1ncc(C(C)O)s1)C(C)C. The summed E-state index contributed by atoms with van der Waals surface area (Å²) in [7, 11) is 0. The van der Waals surface area contributed by atoms with Gasteiger partial charge in [0.1, 0.15) is 0 Å². The van der Waals surface area contributed by atoms with E-state index in [1.54, 1.807) is 24.5 Å². The first-order valence-corrected chi connectivity index (χ1v) is 6.28. The first kappa shape index (κ1) is 12.5. The van der Waals surface area contributed by atoms with E-state index >= 15 is 0 Å². The minimum atomic E-state index is -0.410. The molecule has 0 saturated heterocycles. The van der Waals surface area contributed by atoms with E-state index in [2.05, 4.69) is 30.7 Å². The fourth-order valence-corrected chi connectivity index (χ4v) is 2.43. The van der Waals surface area contributed by atoms with Crippen molar-refractivity contribution in [3.8, 4) is 0 Å². The Morgan fingerprint density at radius 1 is 1.47 bits per heavy atom. The summed E-state index contributed by atoms with van der Waals surface area (Å²) < 4.78 is 0. The lowest BCUT2D eigenvalue weighted by atomic mass is 10.3. The van der Waals surface area contributed by atoms with Crippen molar-refractivity contribution >= 4 is 16.5 Å². The summed E-state index contributed by atoms with van der Waals surface area (Å²) in [5, 5.41) is 10.5. The minimum absolute atomic E-state index is 0.410. The molecule has 1 aromatic heterocycles. The van der Waals surface area contributed by atoms with Crippen LogP contribution in [0.5, 0.6) is 0 Å². The zero-order chi connectivity index (χ0) is 11.4. The van der Waals surface area contributed by atoms with E-state index in [-0.39, 0.29) is 0 Å². The summed E-state index contributed by atoms with van der Waals surface area (Å²) in [6.45, 7) is 9.29. The van der Waals surface area contributed by atoms with E-state index in [0.717, 1.165) is 23.0 Å². The molecule has 15 heavy (non-hydrogen) atoms. The normalized spacial score (nSPS) is 13.2. The quantitative estimate of drug-likeness (QED) is 0.842. The van der Waals surface area contributed by atoms with Gasteiger partial charge in [-0.2, -0.15) is 0 Å². The van der Waals surface area contributed by atoms with Crippen LogP contribution in [0.15, 0.2) is 6.20 Å². The number of aromatic nitrogens is 1. The summed E-state index contributed by atoms with van der Waals surface area (Å²) in [6, 6.07) is 0.456. The summed E-state index contributed by atoms with van der Waals surface area (Å²) in [6.07, 6.45) is 2.48. The van der Waals surface area contributed by atoms with Crippen molar-refractivity contribution in [1.29, 1.82) is 0 Å². The molecule has 1 rings (SSSR count).